The van der Waals surface area contributed by atoms with Crippen molar-refractivity contribution in [3.05, 3.63) is 249 Å². The van der Waals surface area contributed by atoms with E-state index >= 15 is 0 Å². The normalized spacial score (nSPS) is 11.4. The van der Waals surface area contributed by atoms with Crippen LogP contribution >= 0.6 is 0 Å². The van der Waals surface area contributed by atoms with E-state index in [2.05, 4.69) is 258 Å². The van der Waals surface area contributed by atoms with Crippen LogP contribution in [0, 0.1) is 0 Å². The first-order chi connectivity index (χ1) is 31.7. The highest BCUT2D eigenvalue weighted by Gasteiger charge is 2.26. The molecule has 0 radical (unpaired) electrons. The largest absolute Gasteiger partial charge is 0.311 e. The molecular weight excluding hydrogens is 775 g/mol. The molecule has 300 valence electrons. The van der Waals surface area contributed by atoms with Crippen LogP contribution in [-0.4, -0.2) is 9.55 Å². The van der Waals surface area contributed by atoms with Gasteiger partial charge in [-0.25, -0.2) is 4.98 Å². The zero-order valence-corrected chi connectivity index (χ0v) is 35.0. The number of nitrogens with zero attached hydrogens (tertiary/aromatic N) is 3. The van der Waals surface area contributed by atoms with Crippen molar-refractivity contribution >= 4 is 60.4 Å². The topological polar surface area (TPSA) is 21.1 Å². The van der Waals surface area contributed by atoms with Crippen LogP contribution in [0.5, 0.6) is 0 Å². The highest BCUT2D eigenvalue weighted by atomic mass is 15.1. The molecular formula is C61H41N3. The van der Waals surface area contributed by atoms with E-state index in [9.17, 15) is 0 Å². The highest BCUT2D eigenvalue weighted by Crippen LogP contribution is 2.47. The Labute approximate surface area is 372 Å². The van der Waals surface area contributed by atoms with Gasteiger partial charge >= 0.3 is 0 Å². The predicted octanol–water partition coefficient (Wildman–Crippen LogP) is 16.6. The molecule has 1 heterocycles. The van der Waals surface area contributed by atoms with Gasteiger partial charge in [0.2, 0.25) is 0 Å². The van der Waals surface area contributed by atoms with Crippen molar-refractivity contribution in [2.45, 2.75) is 0 Å². The minimum atomic E-state index is 0.880. The van der Waals surface area contributed by atoms with Crippen LogP contribution in [0.3, 0.4) is 0 Å². The number of aromatic nitrogens is 2. The minimum Gasteiger partial charge on any atom is -0.311 e. The maximum Gasteiger partial charge on any atom is 0.145 e. The fourth-order valence-corrected chi connectivity index (χ4v) is 9.51. The maximum absolute atomic E-state index is 5.79. The molecule has 0 spiro atoms. The van der Waals surface area contributed by atoms with Gasteiger partial charge in [0.1, 0.15) is 5.82 Å². The molecule has 3 nitrogen and oxygen atoms in total. The third-order valence-corrected chi connectivity index (χ3v) is 12.5. The lowest BCUT2D eigenvalue weighted by atomic mass is 9.89. The molecule has 0 fully saturated rings. The summed E-state index contributed by atoms with van der Waals surface area (Å²) in [5.74, 6) is 0.880. The zero-order chi connectivity index (χ0) is 42.4. The Morgan fingerprint density at radius 1 is 0.312 bits per heavy atom. The summed E-state index contributed by atoms with van der Waals surface area (Å²) in [5.41, 5.74) is 14.3. The minimum absolute atomic E-state index is 0.880. The number of anilines is 3. The monoisotopic (exact) mass is 815 g/mol. The molecule has 11 aromatic carbocycles. The summed E-state index contributed by atoms with van der Waals surface area (Å²) in [5, 5.41) is 7.19. The quantitative estimate of drug-likeness (QED) is 0.152. The molecule has 0 N–H and O–H groups in total. The van der Waals surface area contributed by atoms with Crippen molar-refractivity contribution < 1.29 is 0 Å². The Balaban J connectivity index is 1.11. The first-order valence-corrected chi connectivity index (χ1v) is 21.9. The molecule has 3 heteroatoms. The lowest BCUT2D eigenvalue weighted by Gasteiger charge is -2.26. The number of fused-ring (bicyclic) bond motifs is 4. The van der Waals surface area contributed by atoms with Crippen molar-refractivity contribution in [3.8, 4) is 50.5 Å². The van der Waals surface area contributed by atoms with Crippen LogP contribution in [-0.2, 0) is 0 Å². The molecule has 12 rings (SSSR count). The Morgan fingerprint density at radius 2 is 0.734 bits per heavy atom. The van der Waals surface area contributed by atoms with Gasteiger partial charge in [-0.1, -0.05) is 176 Å². The summed E-state index contributed by atoms with van der Waals surface area (Å²) in [4.78, 5) is 8.11. The number of rotatable bonds is 8. The van der Waals surface area contributed by atoms with Crippen molar-refractivity contribution in [2.24, 2.45) is 0 Å². The molecule has 0 unspecified atom stereocenters. The smallest absolute Gasteiger partial charge is 0.145 e. The van der Waals surface area contributed by atoms with E-state index in [4.69, 9.17) is 4.98 Å². The Kier molecular flexibility index (Phi) is 9.16. The summed E-state index contributed by atoms with van der Waals surface area (Å²) in [6, 6.07) is 89.4. The highest BCUT2D eigenvalue weighted by molar-refractivity contribution is 6.21. The number of hydrogen-bond acceptors (Lipinski definition) is 2. The molecule has 0 saturated carbocycles. The molecule has 0 saturated heterocycles. The second kappa shape index (κ2) is 15.7. The van der Waals surface area contributed by atoms with Gasteiger partial charge < -0.3 is 4.90 Å². The van der Waals surface area contributed by atoms with Gasteiger partial charge in [0.15, 0.2) is 0 Å². The second-order valence-corrected chi connectivity index (χ2v) is 16.4. The fourth-order valence-electron chi connectivity index (χ4n) is 9.51. The van der Waals surface area contributed by atoms with E-state index in [0.717, 1.165) is 67.4 Å². The lowest BCUT2D eigenvalue weighted by molar-refractivity contribution is 1.10. The van der Waals surface area contributed by atoms with Crippen LogP contribution < -0.4 is 4.90 Å². The Morgan fingerprint density at radius 3 is 1.33 bits per heavy atom. The van der Waals surface area contributed by atoms with Crippen molar-refractivity contribution in [1.29, 1.82) is 0 Å². The number of imidazole rings is 1. The van der Waals surface area contributed by atoms with Crippen LogP contribution in [0.2, 0.25) is 0 Å². The standard InChI is InChI=1S/C61H41N3/c1-4-16-42(17-5-1)45-32-36-53(37-33-45)63(51-22-6-2-7-23-51)54-38-34-46(35-39-54)61-62-59-57(49-30-28-43-18-10-12-20-47(43)40-49)55-26-14-15-27-56(55)58(60(59)64(61)52-24-8-3-9-25-52)50-31-29-44-19-11-13-21-48(44)41-50/h1-41H. The van der Waals surface area contributed by atoms with E-state index in [1.807, 2.05) is 0 Å². The molecule has 12 aromatic rings. The summed E-state index contributed by atoms with van der Waals surface area (Å²) in [6.07, 6.45) is 0. The van der Waals surface area contributed by atoms with Crippen LogP contribution in [0.4, 0.5) is 17.1 Å². The number of para-hydroxylation sites is 2. The number of benzene rings is 11. The van der Waals surface area contributed by atoms with Crippen LogP contribution in [0.25, 0.3) is 93.8 Å². The first-order valence-electron chi connectivity index (χ1n) is 21.9. The van der Waals surface area contributed by atoms with E-state index < -0.39 is 0 Å². The SMILES string of the molecule is c1ccc(-c2ccc(N(c3ccccc3)c3ccc(-c4nc5c(-c6ccc7ccccc7c6)c6ccccc6c(-c6ccc7ccccc7c6)c5n4-c4ccccc4)cc3)cc2)cc1. The summed E-state index contributed by atoms with van der Waals surface area (Å²) < 4.78 is 2.39. The third-order valence-electron chi connectivity index (χ3n) is 12.5. The molecule has 64 heavy (non-hydrogen) atoms. The van der Waals surface area contributed by atoms with Crippen molar-refractivity contribution in [2.75, 3.05) is 4.90 Å². The molecule has 0 bridgehead atoms. The predicted molar refractivity (Wildman–Crippen MR) is 270 cm³/mol. The van der Waals surface area contributed by atoms with Gasteiger partial charge in [-0.05, 0) is 127 Å². The van der Waals surface area contributed by atoms with Gasteiger partial charge in [-0.2, -0.15) is 0 Å². The van der Waals surface area contributed by atoms with E-state index in [0.29, 0.717) is 0 Å². The molecule has 0 aliphatic rings. The van der Waals surface area contributed by atoms with Gasteiger partial charge in [-0.15, -0.1) is 0 Å². The molecule has 0 aliphatic heterocycles. The van der Waals surface area contributed by atoms with Crippen LogP contribution in [0.15, 0.2) is 249 Å². The fraction of sp³-hybridized carbons (Fsp3) is 0. The molecule has 0 atom stereocenters. The first kappa shape index (κ1) is 37.2. The van der Waals surface area contributed by atoms with Gasteiger partial charge in [0.05, 0.1) is 11.0 Å². The average molecular weight is 816 g/mol. The van der Waals surface area contributed by atoms with E-state index in [-0.39, 0.29) is 0 Å². The van der Waals surface area contributed by atoms with Gasteiger partial charge in [-0.3, -0.25) is 4.57 Å². The summed E-state index contributed by atoms with van der Waals surface area (Å²) in [7, 11) is 0. The second-order valence-electron chi connectivity index (χ2n) is 16.4. The van der Waals surface area contributed by atoms with Crippen molar-refractivity contribution in [1.82, 2.24) is 9.55 Å². The van der Waals surface area contributed by atoms with Gasteiger partial charge in [0.25, 0.3) is 0 Å². The third kappa shape index (κ3) is 6.50. The average Bonchev–Trinajstić information content (AvgIpc) is 3.76. The lowest BCUT2D eigenvalue weighted by Crippen LogP contribution is -2.09. The van der Waals surface area contributed by atoms with Gasteiger partial charge in [0, 0.05) is 39.4 Å². The maximum atomic E-state index is 5.79. The zero-order valence-electron chi connectivity index (χ0n) is 35.0. The molecule has 0 amide bonds. The van der Waals surface area contributed by atoms with Crippen molar-refractivity contribution in [3.63, 3.8) is 0 Å². The Hall–Kier alpha value is -8.53. The molecule has 0 aliphatic carbocycles. The number of hydrogen-bond donors (Lipinski definition) is 0. The molecule has 1 aromatic heterocycles. The Bertz CT molecular complexity index is 3630. The summed E-state index contributed by atoms with van der Waals surface area (Å²) >= 11 is 0. The van der Waals surface area contributed by atoms with Crippen LogP contribution in [0.1, 0.15) is 0 Å². The van der Waals surface area contributed by atoms with E-state index in [1.165, 1.54) is 43.4 Å². The van der Waals surface area contributed by atoms with E-state index in [1.54, 1.807) is 0 Å². The summed E-state index contributed by atoms with van der Waals surface area (Å²) in [6.45, 7) is 0.